The number of carbonyl (C=O) groups is 2. The fourth-order valence-electron chi connectivity index (χ4n) is 1.94. The van der Waals surface area contributed by atoms with Crippen LogP contribution in [-0.2, 0) is 11.3 Å². The number of hydrogen-bond donors (Lipinski definition) is 3. The molecule has 1 aromatic carbocycles. The van der Waals surface area contributed by atoms with Crippen molar-refractivity contribution in [3.63, 3.8) is 0 Å². The van der Waals surface area contributed by atoms with Crippen molar-refractivity contribution in [1.82, 2.24) is 10.6 Å². The van der Waals surface area contributed by atoms with Crippen molar-refractivity contribution in [1.29, 1.82) is 0 Å². The van der Waals surface area contributed by atoms with E-state index in [1.807, 2.05) is 12.1 Å². The van der Waals surface area contributed by atoms with Crippen LogP contribution in [0, 0.1) is 0 Å². The van der Waals surface area contributed by atoms with Gasteiger partial charge >= 0.3 is 0 Å². The molecule has 1 unspecified atom stereocenters. The first-order valence-electron chi connectivity index (χ1n) is 6.05. The molecule has 5 heteroatoms. The van der Waals surface area contributed by atoms with E-state index >= 15 is 0 Å². The minimum absolute atomic E-state index is 0.0570. The molecule has 0 saturated carbocycles. The molecule has 4 N–H and O–H groups in total. The molecule has 1 aromatic rings. The van der Waals surface area contributed by atoms with E-state index in [-0.39, 0.29) is 17.9 Å². The summed E-state index contributed by atoms with van der Waals surface area (Å²) in [6.07, 6.45) is 1.33. The summed E-state index contributed by atoms with van der Waals surface area (Å²) in [5.74, 6) is -0.0683. The largest absolute Gasteiger partial charge is 0.352 e. The van der Waals surface area contributed by atoms with E-state index < -0.39 is 0 Å². The number of nitrogens with two attached hydrogens (primary N) is 1. The second-order valence-corrected chi connectivity index (χ2v) is 4.41. The molecule has 0 radical (unpaired) electrons. The van der Waals surface area contributed by atoms with Gasteiger partial charge in [-0.1, -0.05) is 12.1 Å². The van der Waals surface area contributed by atoms with E-state index in [1.54, 1.807) is 12.1 Å². The van der Waals surface area contributed by atoms with Crippen molar-refractivity contribution < 1.29 is 9.59 Å². The minimum Gasteiger partial charge on any atom is -0.352 e. The fourth-order valence-corrected chi connectivity index (χ4v) is 1.94. The number of nitrogens with one attached hydrogen (secondary N) is 2. The predicted molar refractivity (Wildman–Crippen MR) is 67.8 cm³/mol. The van der Waals surface area contributed by atoms with Crippen molar-refractivity contribution in [3.05, 3.63) is 35.4 Å². The Morgan fingerprint density at radius 3 is 2.67 bits per heavy atom. The third-order valence-electron chi connectivity index (χ3n) is 3.05. The molecule has 0 aromatic heterocycles. The fraction of sp³-hybridized carbons (Fsp3) is 0.385. The number of amides is 2. The lowest BCUT2D eigenvalue weighted by molar-refractivity contribution is -0.119. The molecule has 1 aliphatic rings. The Hall–Kier alpha value is -1.88. The zero-order valence-corrected chi connectivity index (χ0v) is 10.1. The van der Waals surface area contributed by atoms with Crippen LogP contribution in [0.4, 0.5) is 0 Å². The van der Waals surface area contributed by atoms with Gasteiger partial charge in [-0.2, -0.15) is 0 Å². The topological polar surface area (TPSA) is 84.2 Å². The zero-order valence-electron chi connectivity index (χ0n) is 10.1. The number of rotatable bonds is 4. The second kappa shape index (κ2) is 5.64. The summed E-state index contributed by atoms with van der Waals surface area (Å²) in [4.78, 5) is 22.8. The first-order chi connectivity index (χ1) is 8.69. The van der Waals surface area contributed by atoms with Gasteiger partial charge in [0.05, 0.1) is 0 Å². The van der Waals surface area contributed by atoms with Crippen LogP contribution in [-0.4, -0.2) is 24.4 Å². The maximum Gasteiger partial charge on any atom is 0.251 e. The van der Waals surface area contributed by atoms with Gasteiger partial charge in [-0.15, -0.1) is 0 Å². The average Bonchev–Trinajstić information content (AvgIpc) is 2.82. The third kappa shape index (κ3) is 3.07. The van der Waals surface area contributed by atoms with Gasteiger partial charge in [0.25, 0.3) is 5.91 Å². The summed E-state index contributed by atoms with van der Waals surface area (Å²) in [6.45, 7) is 0.944. The standard InChI is InChI=1S/C13H17N3O2/c14-7-9-1-3-10(4-2-9)13(18)15-8-11-5-6-12(17)16-11/h1-4,11H,5-8,14H2,(H,15,18)(H,16,17). The first-order valence-corrected chi connectivity index (χ1v) is 6.05. The van der Waals surface area contributed by atoms with Crippen LogP contribution in [0.2, 0.25) is 0 Å². The van der Waals surface area contributed by atoms with Crippen LogP contribution >= 0.6 is 0 Å². The smallest absolute Gasteiger partial charge is 0.251 e. The maximum atomic E-state index is 11.8. The molecule has 0 spiro atoms. The molecule has 5 nitrogen and oxygen atoms in total. The highest BCUT2D eigenvalue weighted by Gasteiger charge is 2.20. The molecule has 0 aliphatic carbocycles. The van der Waals surface area contributed by atoms with Crippen LogP contribution < -0.4 is 16.4 Å². The Morgan fingerprint density at radius 1 is 1.39 bits per heavy atom. The van der Waals surface area contributed by atoms with Crippen LogP contribution in [0.25, 0.3) is 0 Å². The van der Waals surface area contributed by atoms with E-state index in [0.29, 0.717) is 25.1 Å². The monoisotopic (exact) mass is 247 g/mol. The summed E-state index contributed by atoms with van der Waals surface area (Å²) in [5, 5.41) is 5.62. The van der Waals surface area contributed by atoms with E-state index in [4.69, 9.17) is 5.73 Å². The lowest BCUT2D eigenvalue weighted by atomic mass is 10.1. The number of hydrogen-bond acceptors (Lipinski definition) is 3. The van der Waals surface area contributed by atoms with Crippen LogP contribution in [0.3, 0.4) is 0 Å². The predicted octanol–water partition coefficient (Wildman–Crippen LogP) is 0.154. The normalized spacial score (nSPS) is 18.5. The Balaban J connectivity index is 1.85. The van der Waals surface area contributed by atoms with Crippen molar-refractivity contribution in [2.75, 3.05) is 6.54 Å². The molecule has 1 saturated heterocycles. The molecule has 96 valence electrons. The van der Waals surface area contributed by atoms with Crippen LogP contribution in [0.5, 0.6) is 0 Å². The molecular formula is C13H17N3O2. The van der Waals surface area contributed by atoms with Crippen LogP contribution in [0.1, 0.15) is 28.8 Å². The quantitative estimate of drug-likeness (QED) is 0.708. The average molecular weight is 247 g/mol. The molecule has 0 bridgehead atoms. The molecule has 18 heavy (non-hydrogen) atoms. The van der Waals surface area contributed by atoms with Gasteiger partial charge in [0.2, 0.25) is 5.91 Å². The lowest BCUT2D eigenvalue weighted by Crippen LogP contribution is -2.38. The summed E-state index contributed by atoms with van der Waals surface area (Å²) >= 11 is 0. The second-order valence-electron chi connectivity index (χ2n) is 4.41. The molecule has 1 fully saturated rings. The van der Waals surface area contributed by atoms with Crippen molar-refractivity contribution >= 4 is 11.8 Å². The van der Waals surface area contributed by atoms with E-state index in [1.165, 1.54) is 0 Å². The van der Waals surface area contributed by atoms with E-state index in [9.17, 15) is 9.59 Å². The summed E-state index contributed by atoms with van der Waals surface area (Å²) in [5.41, 5.74) is 7.09. The molecular weight excluding hydrogens is 230 g/mol. The molecule has 2 rings (SSSR count). The molecule has 1 aliphatic heterocycles. The first kappa shape index (κ1) is 12.6. The SMILES string of the molecule is NCc1ccc(C(=O)NCC2CCC(=O)N2)cc1. The van der Waals surface area contributed by atoms with Gasteiger partial charge in [-0.3, -0.25) is 9.59 Å². The summed E-state index contributed by atoms with van der Waals surface area (Å²) < 4.78 is 0. The van der Waals surface area contributed by atoms with Gasteiger partial charge in [0, 0.05) is 31.1 Å². The summed E-state index contributed by atoms with van der Waals surface area (Å²) in [6, 6.07) is 7.25. The maximum absolute atomic E-state index is 11.8. The van der Waals surface area contributed by atoms with Crippen molar-refractivity contribution in [2.45, 2.75) is 25.4 Å². The Labute approximate surface area is 106 Å². The Kier molecular flexibility index (Phi) is 3.94. The van der Waals surface area contributed by atoms with E-state index in [0.717, 1.165) is 12.0 Å². The third-order valence-corrected chi connectivity index (χ3v) is 3.05. The van der Waals surface area contributed by atoms with Gasteiger partial charge in [0.1, 0.15) is 0 Å². The highest BCUT2D eigenvalue weighted by molar-refractivity contribution is 5.94. The number of carbonyl (C=O) groups excluding carboxylic acids is 2. The zero-order chi connectivity index (χ0) is 13.0. The highest BCUT2D eigenvalue weighted by atomic mass is 16.2. The van der Waals surface area contributed by atoms with Gasteiger partial charge in [0.15, 0.2) is 0 Å². The van der Waals surface area contributed by atoms with Gasteiger partial charge in [-0.05, 0) is 24.1 Å². The van der Waals surface area contributed by atoms with Gasteiger partial charge in [-0.25, -0.2) is 0 Å². The van der Waals surface area contributed by atoms with E-state index in [2.05, 4.69) is 10.6 Å². The molecule has 1 heterocycles. The van der Waals surface area contributed by atoms with Gasteiger partial charge < -0.3 is 16.4 Å². The molecule has 2 amide bonds. The Bertz CT molecular complexity index is 442. The minimum atomic E-state index is -0.125. The van der Waals surface area contributed by atoms with Crippen molar-refractivity contribution in [2.24, 2.45) is 5.73 Å². The Morgan fingerprint density at radius 2 is 2.11 bits per heavy atom. The molecule has 1 atom stereocenters. The number of benzene rings is 1. The van der Waals surface area contributed by atoms with Crippen molar-refractivity contribution in [3.8, 4) is 0 Å². The highest BCUT2D eigenvalue weighted by Crippen LogP contribution is 2.06. The lowest BCUT2D eigenvalue weighted by Gasteiger charge is -2.11. The summed E-state index contributed by atoms with van der Waals surface area (Å²) in [7, 11) is 0. The van der Waals surface area contributed by atoms with Crippen LogP contribution in [0.15, 0.2) is 24.3 Å².